The highest BCUT2D eigenvalue weighted by molar-refractivity contribution is 6.39. The number of rotatable bonds is 12. The van der Waals surface area contributed by atoms with Crippen molar-refractivity contribution in [3.05, 3.63) is 35.9 Å². The van der Waals surface area contributed by atoms with Gasteiger partial charge in [-0.1, -0.05) is 30.3 Å². The van der Waals surface area contributed by atoms with Crippen LogP contribution < -0.4 is 22.5 Å². The van der Waals surface area contributed by atoms with E-state index in [1.54, 1.807) is 0 Å². The fourth-order valence-corrected chi connectivity index (χ4v) is 3.94. The fraction of sp³-hybridized carbons (Fsp3) is 0.500. The molecule has 1 aliphatic heterocycles. The minimum atomic E-state index is -1.39. The molecule has 1 aromatic carbocycles. The Bertz CT molecular complexity index is 862. The van der Waals surface area contributed by atoms with Crippen LogP contribution in [0.4, 0.5) is 0 Å². The average molecular weight is 479 g/mol. The SMILES string of the molecule is NC(N)=NCCC[C@H](NC(=O)[C@@H]1CCCN1C(=O)C(N)Cc1ccccc1)C(=O)C(Cl)C=O. The van der Waals surface area contributed by atoms with E-state index in [4.69, 9.17) is 28.8 Å². The lowest BCUT2D eigenvalue weighted by molar-refractivity contribution is -0.140. The molecule has 0 saturated carbocycles. The first-order chi connectivity index (χ1) is 15.7. The van der Waals surface area contributed by atoms with Crippen molar-refractivity contribution in [2.45, 2.75) is 55.6 Å². The first-order valence-corrected chi connectivity index (χ1v) is 11.3. The van der Waals surface area contributed by atoms with Crippen molar-refractivity contribution in [2.75, 3.05) is 13.1 Å². The third kappa shape index (κ3) is 7.83. The van der Waals surface area contributed by atoms with Crippen molar-refractivity contribution in [2.24, 2.45) is 22.2 Å². The second-order valence-electron chi connectivity index (χ2n) is 7.94. The predicted octanol–water partition coefficient (Wildman–Crippen LogP) is -0.539. The van der Waals surface area contributed by atoms with Crippen LogP contribution >= 0.6 is 11.6 Å². The zero-order chi connectivity index (χ0) is 24.4. The monoisotopic (exact) mass is 478 g/mol. The van der Waals surface area contributed by atoms with Gasteiger partial charge in [-0.3, -0.25) is 19.4 Å². The maximum atomic E-state index is 13.0. The molecule has 11 heteroatoms. The number of guanidine groups is 1. The number of Topliss-reactive ketones (excluding diaryl/α,β-unsaturated/α-hetero) is 1. The quantitative estimate of drug-likeness (QED) is 0.0778. The molecule has 0 radical (unpaired) electrons. The summed E-state index contributed by atoms with van der Waals surface area (Å²) < 4.78 is 0. The lowest BCUT2D eigenvalue weighted by Gasteiger charge is -2.28. The topological polar surface area (TPSA) is 174 Å². The van der Waals surface area contributed by atoms with Crippen LogP contribution in [-0.2, 0) is 25.6 Å². The molecular formula is C22H31ClN6O4. The number of nitrogens with one attached hydrogen (secondary N) is 1. The Morgan fingerprint density at radius 3 is 2.58 bits per heavy atom. The summed E-state index contributed by atoms with van der Waals surface area (Å²) in [6.07, 6.45) is 2.32. The molecule has 33 heavy (non-hydrogen) atoms. The number of hydrogen-bond acceptors (Lipinski definition) is 6. The van der Waals surface area contributed by atoms with Crippen molar-refractivity contribution in [1.29, 1.82) is 0 Å². The van der Waals surface area contributed by atoms with Gasteiger partial charge in [-0.15, -0.1) is 11.6 Å². The number of ketones is 1. The van der Waals surface area contributed by atoms with Crippen molar-refractivity contribution < 1.29 is 19.2 Å². The molecule has 180 valence electrons. The average Bonchev–Trinajstić information content (AvgIpc) is 3.30. The summed E-state index contributed by atoms with van der Waals surface area (Å²) in [5.74, 6) is -1.52. The van der Waals surface area contributed by atoms with Gasteiger partial charge < -0.3 is 32.2 Å². The van der Waals surface area contributed by atoms with Crippen LogP contribution in [0.2, 0.25) is 0 Å². The molecule has 2 amide bonds. The fourth-order valence-electron chi connectivity index (χ4n) is 3.79. The van der Waals surface area contributed by atoms with Gasteiger partial charge in [-0.05, 0) is 37.7 Å². The van der Waals surface area contributed by atoms with E-state index in [9.17, 15) is 19.2 Å². The predicted molar refractivity (Wildman–Crippen MR) is 125 cm³/mol. The third-order valence-electron chi connectivity index (χ3n) is 5.45. The van der Waals surface area contributed by atoms with E-state index in [0.29, 0.717) is 38.5 Å². The first-order valence-electron chi connectivity index (χ1n) is 10.8. The van der Waals surface area contributed by atoms with Gasteiger partial charge in [-0.25, -0.2) is 0 Å². The molecule has 2 unspecified atom stereocenters. The smallest absolute Gasteiger partial charge is 0.243 e. The normalized spacial score (nSPS) is 18.1. The number of nitrogens with two attached hydrogens (primary N) is 3. The third-order valence-corrected chi connectivity index (χ3v) is 5.77. The minimum absolute atomic E-state index is 0.0861. The van der Waals surface area contributed by atoms with Crippen LogP contribution in [0.15, 0.2) is 35.3 Å². The minimum Gasteiger partial charge on any atom is -0.370 e. The van der Waals surface area contributed by atoms with E-state index in [0.717, 1.165) is 5.56 Å². The Hall–Kier alpha value is -2.98. The first kappa shape index (κ1) is 26.3. The Morgan fingerprint density at radius 1 is 1.24 bits per heavy atom. The number of amides is 2. The highest BCUT2D eigenvalue weighted by Gasteiger charge is 2.38. The molecule has 0 aliphatic carbocycles. The maximum Gasteiger partial charge on any atom is 0.243 e. The van der Waals surface area contributed by atoms with E-state index in [1.165, 1.54) is 4.90 Å². The lowest BCUT2D eigenvalue weighted by Crippen LogP contribution is -2.55. The van der Waals surface area contributed by atoms with Gasteiger partial charge in [-0.2, -0.15) is 0 Å². The van der Waals surface area contributed by atoms with Crippen LogP contribution in [-0.4, -0.2) is 71.3 Å². The highest BCUT2D eigenvalue weighted by atomic mass is 35.5. The molecule has 1 aliphatic rings. The Kier molecular flexibility index (Phi) is 10.3. The van der Waals surface area contributed by atoms with Crippen LogP contribution in [0.1, 0.15) is 31.2 Å². The summed E-state index contributed by atoms with van der Waals surface area (Å²) in [5, 5.41) is 1.27. The van der Waals surface area contributed by atoms with Gasteiger partial charge >= 0.3 is 0 Å². The summed E-state index contributed by atoms with van der Waals surface area (Å²) >= 11 is 5.80. The van der Waals surface area contributed by atoms with Gasteiger partial charge in [0.1, 0.15) is 17.7 Å². The molecule has 1 heterocycles. The maximum absolute atomic E-state index is 13.0. The molecule has 2 rings (SSSR count). The number of hydrogen-bond donors (Lipinski definition) is 4. The molecule has 0 spiro atoms. The molecule has 0 bridgehead atoms. The Morgan fingerprint density at radius 2 is 1.94 bits per heavy atom. The van der Waals surface area contributed by atoms with Gasteiger partial charge in [0.05, 0.1) is 12.1 Å². The van der Waals surface area contributed by atoms with Gasteiger partial charge in [0.2, 0.25) is 11.8 Å². The van der Waals surface area contributed by atoms with Gasteiger partial charge in [0, 0.05) is 13.1 Å². The van der Waals surface area contributed by atoms with E-state index in [2.05, 4.69) is 10.3 Å². The van der Waals surface area contributed by atoms with Crippen LogP contribution in [0.3, 0.4) is 0 Å². The van der Waals surface area contributed by atoms with E-state index < -0.39 is 35.2 Å². The summed E-state index contributed by atoms with van der Waals surface area (Å²) in [4.78, 5) is 54.8. The molecule has 1 aromatic rings. The van der Waals surface area contributed by atoms with Crippen molar-refractivity contribution in [3.8, 4) is 0 Å². The Labute approximate surface area is 197 Å². The number of likely N-dealkylation sites (tertiary alicyclic amines) is 1. The number of benzene rings is 1. The number of carbonyl (C=O) groups excluding carboxylic acids is 4. The number of aldehydes is 1. The van der Waals surface area contributed by atoms with Crippen LogP contribution in [0.25, 0.3) is 0 Å². The van der Waals surface area contributed by atoms with Gasteiger partial charge in [0.25, 0.3) is 0 Å². The van der Waals surface area contributed by atoms with Crippen LogP contribution in [0, 0.1) is 0 Å². The van der Waals surface area contributed by atoms with Crippen molar-refractivity contribution in [3.63, 3.8) is 0 Å². The number of halogens is 1. The van der Waals surface area contributed by atoms with Crippen molar-refractivity contribution >= 4 is 41.4 Å². The second kappa shape index (κ2) is 12.9. The summed E-state index contributed by atoms with van der Waals surface area (Å²) in [5.41, 5.74) is 17.7. The highest BCUT2D eigenvalue weighted by Crippen LogP contribution is 2.20. The molecule has 1 fully saturated rings. The zero-order valence-corrected chi connectivity index (χ0v) is 19.1. The molecule has 0 aromatic heterocycles. The number of carbonyl (C=O) groups is 4. The molecule has 10 nitrogen and oxygen atoms in total. The lowest BCUT2D eigenvalue weighted by atomic mass is 10.0. The zero-order valence-electron chi connectivity index (χ0n) is 18.4. The molecule has 4 atom stereocenters. The van der Waals surface area contributed by atoms with E-state index in [1.807, 2.05) is 30.3 Å². The van der Waals surface area contributed by atoms with Crippen molar-refractivity contribution in [1.82, 2.24) is 10.2 Å². The second-order valence-corrected chi connectivity index (χ2v) is 8.41. The van der Waals surface area contributed by atoms with Crippen LogP contribution in [0.5, 0.6) is 0 Å². The molecule has 7 N–H and O–H groups in total. The summed E-state index contributed by atoms with van der Waals surface area (Å²) in [6.45, 7) is 0.646. The Balaban J connectivity index is 2.04. The van der Waals surface area contributed by atoms with E-state index in [-0.39, 0.29) is 24.8 Å². The number of aliphatic imine (C=N–C) groups is 1. The largest absolute Gasteiger partial charge is 0.370 e. The molecular weight excluding hydrogens is 448 g/mol. The van der Waals surface area contributed by atoms with E-state index >= 15 is 0 Å². The summed E-state index contributed by atoms with van der Waals surface area (Å²) in [6, 6.07) is 6.83. The number of alkyl halides is 1. The number of nitrogens with zero attached hydrogens (tertiary/aromatic N) is 2. The summed E-state index contributed by atoms with van der Waals surface area (Å²) in [7, 11) is 0. The molecule has 1 saturated heterocycles. The van der Waals surface area contributed by atoms with Gasteiger partial charge in [0.15, 0.2) is 11.7 Å². The standard InChI is InChI=1S/C22H31ClN6O4/c23-15(13-30)19(31)17(8-4-10-27-22(25)26)28-20(32)18-9-5-11-29(18)21(33)16(24)12-14-6-2-1-3-7-14/h1-3,6-7,13,15-18H,4-5,8-12,24H2,(H,28,32)(H4,25,26,27)/t15?,16?,17-,18-/m0/s1.